The summed E-state index contributed by atoms with van der Waals surface area (Å²) in [4.78, 5) is 26.0. The molecule has 6 nitrogen and oxygen atoms in total. The van der Waals surface area contributed by atoms with Gasteiger partial charge in [0, 0.05) is 0 Å². The number of carbonyl (C=O) groups excluding carboxylic acids is 2. The number of alkyl halides is 1. The summed E-state index contributed by atoms with van der Waals surface area (Å²) >= 11 is 0. The van der Waals surface area contributed by atoms with Gasteiger partial charge >= 0.3 is 210 Å². The zero-order chi connectivity index (χ0) is 25.7. The van der Waals surface area contributed by atoms with Crippen LogP contribution in [0.4, 0.5) is 4.39 Å². The standard InChI is InChI=1S/C28H27BFN4O2/c1-18(30)32-16-22(14-31)21-12-19-6-2-4-8-23(19)25(13-21)28(10-11-28)34-27(29)24-9-5-3-7-20(24)15-33-26(36)17-35/h2-9,12-14,16-18,34H,10-11,15,31H2,1H3,(H,33,36)/b22-14+,32-16+. The summed E-state index contributed by atoms with van der Waals surface area (Å²) < 4.78 is 13.4. The third-order valence-corrected chi connectivity index (χ3v) is 6.30. The van der Waals surface area contributed by atoms with Crippen LogP contribution in [0.3, 0.4) is 0 Å². The van der Waals surface area contributed by atoms with Crippen LogP contribution in [0.25, 0.3) is 16.3 Å². The normalized spacial score (nSPS) is 15.4. The van der Waals surface area contributed by atoms with E-state index in [2.05, 4.69) is 27.8 Å². The molecule has 1 amide bonds. The number of fused-ring (bicyclic) bond motifs is 1. The summed E-state index contributed by atoms with van der Waals surface area (Å²) in [5.74, 6) is -0.687. The van der Waals surface area contributed by atoms with Crippen molar-refractivity contribution in [1.82, 2.24) is 10.6 Å². The Hall–Kier alpha value is -4.07. The van der Waals surface area contributed by atoms with Crippen molar-refractivity contribution in [2.45, 2.75) is 38.1 Å². The Morgan fingerprint density at radius 2 is 1.92 bits per heavy atom. The number of hydrogen-bond acceptors (Lipinski definition) is 5. The first-order valence-electron chi connectivity index (χ1n) is 11.7. The van der Waals surface area contributed by atoms with Gasteiger partial charge < -0.3 is 0 Å². The fourth-order valence-corrected chi connectivity index (χ4v) is 4.34. The Balaban J connectivity index is 1.70. The van der Waals surface area contributed by atoms with Crippen molar-refractivity contribution in [2.75, 3.05) is 0 Å². The minimum absolute atomic E-state index is 0.179. The van der Waals surface area contributed by atoms with E-state index in [0.29, 0.717) is 11.2 Å². The van der Waals surface area contributed by atoms with Crippen LogP contribution in [0.2, 0.25) is 0 Å². The third kappa shape index (κ3) is 5.43. The van der Waals surface area contributed by atoms with Gasteiger partial charge in [-0.2, -0.15) is 0 Å². The molecule has 1 aliphatic rings. The Morgan fingerprint density at radius 1 is 1.19 bits per heavy atom. The number of aliphatic imine (C=N–C) groups is 1. The number of halogens is 1. The number of amides is 1. The van der Waals surface area contributed by atoms with Gasteiger partial charge in [0.1, 0.15) is 0 Å². The van der Waals surface area contributed by atoms with Gasteiger partial charge in [-0.3, -0.25) is 0 Å². The molecular weight excluding hydrogens is 454 g/mol. The Bertz CT molecular complexity index is 1380. The van der Waals surface area contributed by atoms with Crippen LogP contribution in [0.15, 0.2) is 71.9 Å². The molecule has 1 unspecified atom stereocenters. The number of hydrogen-bond donors (Lipinski definition) is 3. The molecule has 0 saturated heterocycles. The number of nitrogens with zero attached hydrogens (tertiary/aromatic N) is 1. The van der Waals surface area contributed by atoms with E-state index in [4.69, 9.17) is 13.2 Å². The molecule has 3 aromatic carbocycles. The summed E-state index contributed by atoms with van der Waals surface area (Å²) in [6.45, 7) is 1.54. The third-order valence-electron chi connectivity index (χ3n) is 6.30. The van der Waals surface area contributed by atoms with Crippen LogP contribution in [-0.4, -0.2) is 37.8 Å². The topological polar surface area (TPSA) is 96.6 Å². The van der Waals surface area contributed by atoms with Gasteiger partial charge in [-0.05, 0) is 0 Å². The van der Waals surface area contributed by atoms with E-state index in [1.165, 1.54) is 19.3 Å². The van der Waals surface area contributed by atoms with E-state index in [1.54, 1.807) is 0 Å². The summed E-state index contributed by atoms with van der Waals surface area (Å²) in [5.41, 5.74) is 10.0. The molecule has 36 heavy (non-hydrogen) atoms. The fourth-order valence-electron chi connectivity index (χ4n) is 4.34. The van der Waals surface area contributed by atoms with E-state index >= 15 is 0 Å². The number of allylic oxidation sites excluding steroid dienone is 1. The molecule has 4 N–H and O–H groups in total. The second kappa shape index (κ2) is 10.7. The first-order chi connectivity index (χ1) is 17.4. The maximum absolute atomic E-state index is 13.4. The van der Waals surface area contributed by atoms with Crippen LogP contribution in [0.5, 0.6) is 0 Å². The van der Waals surface area contributed by atoms with Crippen LogP contribution < -0.4 is 16.4 Å². The zero-order valence-corrected chi connectivity index (χ0v) is 20.0. The molecule has 1 saturated carbocycles. The average molecular weight is 481 g/mol. The summed E-state index contributed by atoms with van der Waals surface area (Å²) in [6.07, 6.45) is 3.52. The van der Waals surface area contributed by atoms with Gasteiger partial charge in [0.05, 0.1) is 0 Å². The molecule has 1 atom stereocenters. The van der Waals surface area contributed by atoms with Crippen molar-refractivity contribution in [1.29, 1.82) is 0 Å². The van der Waals surface area contributed by atoms with Crippen molar-refractivity contribution in [2.24, 2.45) is 10.7 Å². The Kier molecular flexibility index (Phi) is 7.43. The molecule has 1 aliphatic carbocycles. The van der Waals surface area contributed by atoms with Crippen molar-refractivity contribution >= 4 is 47.8 Å². The first kappa shape index (κ1) is 25.0. The Labute approximate surface area is 210 Å². The predicted octanol–water partition coefficient (Wildman–Crippen LogP) is 3.27. The first-order valence-corrected chi connectivity index (χ1v) is 11.7. The summed E-state index contributed by atoms with van der Waals surface area (Å²) in [5, 5.41) is 8.20. The number of benzene rings is 3. The fraction of sp³-hybridized carbons (Fsp3) is 0.214. The van der Waals surface area contributed by atoms with Gasteiger partial charge in [-0.25, -0.2) is 0 Å². The number of carbonyl (C=O) groups is 2. The molecule has 0 spiro atoms. The molecule has 1 radical (unpaired) electrons. The molecule has 4 rings (SSSR count). The summed E-state index contributed by atoms with van der Waals surface area (Å²) in [6, 6.07) is 19.6. The van der Waals surface area contributed by atoms with E-state index in [9.17, 15) is 14.0 Å². The van der Waals surface area contributed by atoms with Crippen LogP contribution in [0.1, 0.15) is 42.0 Å². The molecule has 181 valence electrons. The average Bonchev–Trinajstić information content (AvgIpc) is 3.67. The second-order valence-electron chi connectivity index (χ2n) is 8.83. The van der Waals surface area contributed by atoms with E-state index in [-0.39, 0.29) is 12.8 Å². The van der Waals surface area contributed by atoms with Gasteiger partial charge in [0.25, 0.3) is 0 Å². The predicted molar refractivity (Wildman–Crippen MR) is 143 cm³/mol. The van der Waals surface area contributed by atoms with Crippen molar-refractivity contribution < 1.29 is 14.0 Å². The van der Waals surface area contributed by atoms with Crippen molar-refractivity contribution in [3.63, 3.8) is 0 Å². The van der Waals surface area contributed by atoms with E-state index in [1.807, 2.05) is 48.5 Å². The number of nitrogens with two attached hydrogens (primary N) is 1. The molecule has 0 bridgehead atoms. The molecule has 0 aromatic heterocycles. The van der Waals surface area contributed by atoms with Crippen LogP contribution >= 0.6 is 0 Å². The molecule has 0 aliphatic heterocycles. The van der Waals surface area contributed by atoms with E-state index < -0.39 is 17.7 Å². The van der Waals surface area contributed by atoms with Crippen molar-refractivity contribution in [3.8, 4) is 0 Å². The minimum atomic E-state index is -1.33. The van der Waals surface area contributed by atoms with Crippen LogP contribution in [0, 0.1) is 0 Å². The van der Waals surface area contributed by atoms with Crippen molar-refractivity contribution in [3.05, 3.63) is 89.1 Å². The molecular formula is C28H27BFN4O2. The van der Waals surface area contributed by atoms with Gasteiger partial charge in [0.15, 0.2) is 0 Å². The number of nitrogens with one attached hydrogen (secondary N) is 2. The SMILES string of the molecule is [B]=C(NC1(c2cc(C(=C/N)/C=N/C(C)F)cc3ccccc23)CC1)c1ccccc1CNC(=O)C=O. The monoisotopic (exact) mass is 481 g/mol. The van der Waals surface area contributed by atoms with Gasteiger partial charge in [-0.1, -0.05) is 0 Å². The summed E-state index contributed by atoms with van der Waals surface area (Å²) in [7, 11) is 6.58. The number of rotatable bonds is 10. The second-order valence-corrected chi connectivity index (χ2v) is 8.83. The Morgan fingerprint density at radius 3 is 2.61 bits per heavy atom. The molecule has 3 aromatic rings. The molecule has 1 fully saturated rings. The van der Waals surface area contributed by atoms with Gasteiger partial charge in [0.2, 0.25) is 0 Å². The molecule has 8 heteroatoms. The maximum atomic E-state index is 13.4. The zero-order valence-electron chi connectivity index (χ0n) is 20.0. The van der Waals surface area contributed by atoms with Crippen LogP contribution in [-0.2, 0) is 21.7 Å². The van der Waals surface area contributed by atoms with E-state index in [0.717, 1.165) is 45.9 Å². The van der Waals surface area contributed by atoms with Gasteiger partial charge in [-0.15, -0.1) is 0 Å². The molecule has 0 heterocycles. The quantitative estimate of drug-likeness (QED) is 0.136. The number of aldehydes is 1.